The van der Waals surface area contributed by atoms with Gasteiger partial charge < -0.3 is 10.6 Å². The molecule has 0 atom stereocenters. The van der Waals surface area contributed by atoms with Gasteiger partial charge in [0.15, 0.2) is 0 Å². The van der Waals surface area contributed by atoms with Gasteiger partial charge in [0.25, 0.3) is 11.8 Å². The molecule has 2 aromatic carbocycles. The highest BCUT2D eigenvalue weighted by Crippen LogP contribution is 2.28. The number of nitrogens with one attached hydrogen (secondary N) is 2. The first-order valence-electron chi connectivity index (χ1n) is 12.9. The second-order valence-corrected chi connectivity index (χ2v) is 10.9. The SMILES string of the molecule is Cc1ncc(NC(=O)c2cc(C#N)cc(C(C)(C)C)c2)cc1-c1ccc(C(=O)NC2CCCCC2)cc1. The van der Waals surface area contributed by atoms with Crippen molar-refractivity contribution in [3.63, 3.8) is 0 Å². The molecule has 1 aliphatic rings. The molecule has 6 heteroatoms. The standard InChI is InChI=1S/C31H34N4O2/c1-20-28(22-10-12-23(13-11-22)29(36)34-26-8-6-5-7-9-26)17-27(19-33-20)35-30(37)24-14-21(18-32)15-25(16-24)31(2,3)4/h10-17,19,26H,5-9H2,1-4H3,(H,34,36)(H,35,37). The first-order valence-corrected chi connectivity index (χ1v) is 12.9. The summed E-state index contributed by atoms with van der Waals surface area (Å²) in [7, 11) is 0. The zero-order valence-corrected chi connectivity index (χ0v) is 22.0. The Bertz CT molecular complexity index is 1340. The van der Waals surface area contributed by atoms with Crippen molar-refractivity contribution in [3.8, 4) is 17.2 Å². The fourth-order valence-electron chi connectivity index (χ4n) is 4.67. The van der Waals surface area contributed by atoms with Crippen molar-refractivity contribution in [2.75, 3.05) is 5.32 Å². The van der Waals surface area contributed by atoms with Crippen molar-refractivity contribution in [2.45, 2.75) is 71.3 Å². The molecule has 0 saturated heterocycles. The van der Waals surface area contributed by atoms with Crippen molar-refractivity contribution in [3.05, 3.63) is 82.7 Å². The lowest BCUT2D eigenvalue weighted by Gasteiger charge is -2.22. The maximum absolute atomic E-state index is 13.1. The molecule has 0 radical (unpaired) electrons. The molecular formula is C31H34N4O2. The highest BCUT2D eigenvalue weighted by Gasteiger charge is 2.19. The average Bonchev–Trinajstić information content (AvgIpc) is 2.89. The van der Waals surface area contributed by atoms with Gasteiger partial charge in [-0.15, -0.1) is 0 Å². The second kappa shape index (κ2) is 11.0. The number of nitriles is 1. The number of amides is 2. The third kappa shape index (κ3) is 6.42. The van der Waals surface area contributed by atoms with Crippen molar-refractivity contribution < 1.29 is 9.59 Å². The second-order valence-electron chi connectivity index (χ2n) is 10.9. The third-order valence-corrected chi connectivity index (χ3v) is 6.93. The Morgan fingerprint density at radius 3 is 2.30 bits per heavy atom. The summed E-state index contributed by atoms with van der Waals surface area (Å²) in [6.45, 7) is 8.06. The van der Waals surface area contributed by atoms with E-state index in [1.807, 2.05) is 70.2 Å². The van der Waals surface area contributed by atoms with Gasteiger partial charge in [-0.25, -0.2) is 0 Å². The molecule has 0 unspecified atom stereocenters. The molecule has 4 rings (SSSR count). The van der Waals surface area contributed by atoms with Crippen LogP contribution in [0.2, 0.25) is 0 Å². The van der Waals surface area contributed by atoms with Gasteiger partial charge in [0.1, 0.15) is 0 Å². The molecule has 190 valence electrons. The number of pyridine rings is 1. The summed E-state index contributed by atoms with van der Waals surface area (Å²) in [4.78, 5) is 30.2. The molecule has 0 aliphatic heterocycles. The maximum Gasteiger partial charge on any atom is 0.255 e. The van der Waals surface area contributed by atoms with Crippen molar-refractivity contribution >= 4 is 17.5 Å². The van der Waals surface area contributed by atoms with Crippen molar-refractivity contribution in [2.24, 2.45) is 0 Å². The predicted molar refractivity (Wildman–Crippen MR) is 147 cm³/mol. The lowest BCUT2D eigenvalue weighted by Crippen LogP contribution is -2.36. The van der Waals surface area contributed by atoms with Crippen LogP contribution in [0.15, 0.2) is 54.7 Å². The van der Waals surface area contributed by atoms with E-state index >= 15 is 0 Å². The zero-order chi connectivity index (χ0) is 26.6. The van der Waals surface area contributed by atoms with Gasteiger partial charge in [0, 0.05) is 28.4 Å². The van der Waals surface area contributed by atoms with Crippen LogP contribution in [0.1, 0.15) is 90.4 Å². The molecule has 0 spiro atoms. The first kappa shape index (κ1) is 26.1. The summed E-state index contributed by atoms with van der Waals surface area (Å²) in [5.41, 5.74) is 5.41. The van der Waals surface area contributed by atoms with Crippen LogP contribution in [0.3, 0.4) is 0 Å². The number of rotatable bonds is 5. The lowest BCUT2D eigenvalue weighted by molar-refractivity contribution is 0.0927. The Morgan fingerprint density at radius 2 is 1.65 bits per heavy atom. The van der Waals surface area contributed by atoms with Gasteiger partial charge in [0.05, 0.1) is 23.5 Å². The molecule has 2 N–H and O–H groups in total. The molecule has 3 aromatic rings. The predicted octanol–water partition coefficient (Wildman–Crippen LogP) is 6.54. The van der Waals surface area contributed by atoms with Gasteiger partial charge in [-0.1, -0.05) is 52.2 Å². The number of aromatic nitrogens is 1. The molecule has 0 bridgehead atoms. The van der Waals surface area contributed by atoms with Gasteiger partial charge in [-0.2, -0.15) is 5.26 Å². The van der Waals surface area contributed by atoms with E-state index in [0.29, 0.717) is 22.4 Å². The largest absolute Gasteiger partial charge is 0.349 e. The van der Waals surface area contributed by atoms with E-state index in [2.05, 4.69) is 21.7 Å². The topological polar surface area (TPSA) is 94.9 Å². The molecule has 1 aliphatic carbocycles. The highest BCUT2D eigenvalue weighted by molar-refractivity contribution is 6.05. The molecule has 1 saturated carbocycles. The Morgan fingerprint density at radius 1 is 0.946 bits per heavy atom. The number of carbonyl (C=O) groups excluding carboxylic acids is 2. The number of aryl methyl sites for hydroxylation is 1. The van der Waals surface area contributed by atoms with E-state index in [1.54, 1.807) is 12.3 Å². The number of benzene rings is 2. The minimum Gasteiger partial charge on any atom is -0.349 e. The van der Waals surface area contributed by atoms with Crippen LogP contribution in [0, 0.1) is 18.3 Å². The Kier molecular flexibility index (Phi) is 7.73. The van der Waals surface area contributed by atoms with Crippen LogP contribution < -0.4 is 10.6 Å². The number of hydrogen-bond acceptors (Lipinski definition) is 4. The minimum atomic E-state index is -0.297. The smallest absolute Gasteiger partial charge is 0.255 e. The molecule has 2 amide bonds. The summed E-state index contributed by atoms with van der Waals surface area (Å²) in [6, 6.07) is 17.0. The summed E-state index contributed by atoms with van der Waals surface area (Å²) >= 11 is 0. The van der Waals surface area contributed by atoms with Gasteiger partial charge >= 0.3 is 0 Å². The Balaban J connectivity index is 1.52. The van der Waals surface area contributed by atoms with E-state index in [0.717, 1.165) is 35.2 Å². The lowest BCUT2D eigenvalue weighted by atomic mass is 9.85. The zero-order valence-electron chi connectivity index (χ0n) is 22.0. The highest BCUT2D eigenvalue weighted by atomic mass is 16.2. The number of anilines is 1. The monoisotopic (exact) mass is 494 g/mol. The number of hydrogen-bond donors (Lipinski definition) is 2. The van der Waals surface area contributed by atoms with Gasteiger partial charge in [-0.05, 0) is 72.7 Å². The van der Waals surface area contributed by atoms with Crippen molar-refractivity contribution in [1.82, 2.24) is 10.3 Å². The molecular weight excluding hydrogens is 460 g/mol. The molecule has 1 heterocycles. The van der Waals surface area contributed by atoms with Crippen LogP contribution in [0.5, 0.6) is 0 Å². The summed E-state index contributed by atoms with van der Waals surface area (Å²) in [5, 5.41) is 15.5. The Hall–Kier alpha value is -3.98. The summed E-state index contributed by atoms with van der Waals surface area (Å²) in [6.07, 6.45) is 7.31. The van der Waals surface area contributed by atoms with E-state index in [4.69, 9.17) is 0 Å². The van der Waals surface area contributed by atoms with Crippen LogP contribution in [-0.2, 0) is 5.41 Å². The molecule has 37 heavy (non-hydrogen) atoms. The van der Waals surface area contributed by atoms with Crippen LogP contribution in [0.25, 0.3) is 11.1 Å². The normalized spacial score (nSPS) is 14.0. The van der Waals surface area contributed by atoms with Crippen LogP contribution in [-0.4, -0.2) is 22.8 Å². The van der Waals surface area contributed by atoms with Crippen LogP contribution in [0.4, 0.5) is 5.69 Å². The van der Waals surface area contributed by atoms with E-state index in [9.17, 15) is 14.9 Å². The quantitative estimate of drug-likeness (QED) is 0.421. The number of nitrogens with zero attached hydrogens (tertiary/aromatic N) is 2. The maximum atomic E-state index is 13.1. The van der Waals surface area contributed by atoms with E-state index in [-0.39, 0.29) is 23.3 Å². The third-order valence-electron chi connectivity index (χ3n) is 6.93. The fourth-order valence-corrected chi connectivity index (χ4v) is 4.67. The fraction of sp³-hybridized carbons (Fsp3) is 0.355. The molecule has 6 nitrogen and oxygen atoms in total. The first-order chi connectivity index (χ1) is 17.6. The minimum absolute atomic E-state index is 0.0384. The van der Waals surface area contributed by atoms with Gasteiger partial charge in [-0.3, -0.25) is 14.6 Å². The average molecular weight is 495 g/mol. The molecule has 1 aromatic heterocycles. The van der Waals surface area contributed by atoms with Gasteiger partial charge in [0.2, 0.25) is 0 Å². The number of carbonyl (C=O) groups is 2. The van der Waals surface area contributed by atoms with Crippen LogP contribution >= 0.6 is 0 Å². The molecule has 1 fully saturated rings. The summed E-state index contributed by atoms with van der Waals surface area (Å²) in [5.74, 6) is -0.336. The van der Waals surface area contributed by atoms with E-state index < -0.39 is 0 Å². The van der Waals surface area contributed by atoms with Crippen molar-refractivity contribution in [1.29, 1.82) is 5.26 Å². The summed E-state index contributed by atoms with van der Waals surface area (Å²) < 4.78 is 0. The van der Waals surface area contributed by atoms with E-state index in [1.165, 1.54) is 19.3 Å². The Labute approximate surface area is 219 Å².